The fraction of sp³-hybridized carbons (Fsp3) is 0.667. The van der Waals surface area contributed by atoms with Crippen LogP contribution < -0.4 is 10.6 Å². The summed E-state index contributed by atoms with van der Waals surface area (Å²) in [6.45, 7) is 8.31. The average Bonchev–Trinajstić information content (AvgIpc) is 2.93. The molecule has 1 fully saturated rings. The predicted molar refractivity (Wildman–Crippen MR) is 91.8 cm³/mol. The summed E-state index contributed by atoms with van der Waals surface area (Å²) in [6, 6.07) is 2.32. The van der Waals surface area contributed by atoms with E-state index in [4.69, 9.17) is 23.2 Å². The number of aromatic nitrogens is 1. The Morgan fingerprint density at radius 2 is 1.95 bits per heavy atom. The van der Waals surface area contributed by atoms with Crippen molar-refractivity contribution < 1.29 is 0 Å². The quantitative estimate of drug-likeness (QED) is 0.789. The maximum absolute atomic E-state index is 6.24. The number of nitrogens with zero attached hydrogens (tertiary/aromatic N) is 2. The highest BCUT2D eigenvalue weighted by atomic mass is 35.5. The number of nitrogens with one attached hydrogen (secondary N) is 2. The molecule has 4 nitrogen and oxygen atoms in total. The van der Waals surface area contributed by atoms with E-state index in [0.29, 0.717) is 27.7 Å². The van der Waals surface area contributed by atoms with Crippen LogP contribution >= 0.6 is 23.2 Å². The molecule has 0 aromatic carbocycles. The van der Waals surface area contributed by atoms with Gasteiger partial charge < -0.3 is 10.6 Å². The second-order valence-corrected chi connectivity index (χ2v) is 6.20. The molecule has 21 heavy (non-hydrogen) atoms. The zero-order valence-corrected chi connectivity index (χ0v) is 14.3. The van der Waals surface area contributed by atoms with Gasteiger partial charge in [0.15, 0.2) is 0 Å². The lowest BCUT2D eigenvalue weighted by Gasteiger charge is -2.23. The van der Waals surface area contributed by atoms with Crippen LogP contribution in [0.4, 0.5) is 11.6 Å². The molecule has 118 valence electrons. The number of likely N-dealkylation sites (N-methyl/N-ethyl adjacent to an activating group) is 1. The summed E-state index contributed by atoms with van der Waals surface area (Å²) in [6.07, 6.45) is 3.52. The third-order valence-corrected chi connectivity index (χ3v) is 4.46. The highest BCUT2D eigenvalue weighted by Gasteiger charge is 2.23. The minimum absolute atomic E-state index is 0.565. The second kappa shape index (κ2) is 8.06. The Balaban J connectivity index is 2.01. The normalized spacial score (nSPS) is 19.0. The fourth-order valence-electron chi connectivity index (χ4n) is 2.72. The molecular formula is C15H24Cl2N4. The van der Waals surface area contributed by atoms with Gasteiger partial charge in [-0.25, -0.2) is 4.98 Å². The molecule has 1 saturated heterocycles. The molecule has 6 heteroatoms. The van der Waals surface area contributed by atoms with E-state index in [0.717, 1.165) is 26.1 Å². The Bertz CT molecular complexity index is 467. The maximum Gasteiger partial charge on any atom is 0.147 e. The van der Waals surface area contributed by atoms with E-state index in [1.807, 2.05) is 0 Å². The molecular weight excluding hydrogens is 307 g/mol. The highest BCUT2D eigenvalue weighted by Crippen LogP contribution is 2.29. The van der Waals surface area contributed by atoms with E-state index in [9.17, 15) is 0 Å². The van der Waals surface area contributed by atoms with E-state index in [1.54, 1.807) is 6.07 Å². The first-order valence-corrected chi connectivity index (χ1v) is 8.49. The maximum atomic E-state index is 6.24. The zero-order valence-electron chi connectivity index (χ0n) is 12.8. The fourth-order valence-corrected chi connectivity index (χ4v) is 3.21. The summed E-state index contributed by atoms with van der Waals surface area (Å²) < 4.78 is 0. The molecule has 0 aliphatic carbocycles. The Morgan fingerprint density at radius 1 is 1.24 bits per heavy atom. The molecule has 0 spiro atoms. The lowest BCUT2D eigenvalue weighted by Crippen LogP contribution is -2.34. The van der Waals surface area contributed by atoms with E-state index in [-0.39, 0.29) is 0 Å². The van der Waals surface area contributed by atoms with Gasteiger partial charge in [0.2, 0.25) is 0 Å². The van der Waals surface area contributed by atoms with E-state index in [1.165, 1.54) is 19.4 Å². The minimum Gasteiger partial charge on any atom is -0.369 e. The van der Waals surface area contributed by atoms with Gasteiger partial charge in [0, 0.05) is 19.1 Å². The van der Waals surface area contributed by atoms with Crippen molar-refractivity contribution in [1.82, 2.24) is 9.88 Å². The van der Waals surface area contributed by atoms with Crippen LogP contribution in [0.15, 0.2) is 6.07 Å². The molecule has 0 radical (unpaired) electrons. The molecule has 1 atom stereocenters. The van der Waals surface area contributed by atoms with E-state index < -0.39 is 0 Å². The third kappa shape index (κ3) is 4.38. The smallest absolute Gasteiger partial charge is 0.147 e. The van der Waals surface area contributed by atoms with Gasteiger partial charge in [-0.15, -0.1) is 0 Å². The van der Waals surface area contributed by atoms with Gasteiger partial charge in [-0.2, -0.15) is 0 Å². The highest BCUT2D eigenvalue weighted by molar-refractivity contribution is 6.37. The van der Waals surface area contributed by atoms with Crippen LogP contribution in [0.3, 0.4) is 0 Å². The first-order valence-electron chi connectivity index (χ1n) is 7.73. The number of likely N-dealkylation sites (tertiary alicyclic amines) is 1. The van der Waals surface area contributed by atoms with Crippen LogP contribution in [0.5, 0.6) is 0 Å². The average molecular weight is 331 g/mol. The zero-order chi connectivity index (χ0) is 15.2. The van der Waals surface area contributed by atoms with Gasteiger partial charge in [-0.3, -0.25) is 4.90 Å². The molecule has 1 aliphatic heterocycles. The van der Waals surface area contributed by atoms with Gasteiger partial charge in [-0.1, -0.05) is 37.0 Å². The summed E-state index contributed by atoms with van der Waals surface area (Å²) >= 11 is 12.4. The van der Waals surface area contributed by atoms with Gasteiger partial charge in [0.1, 0.15) is 11.6 Å². The number of halogens is 2. The van der Waals surface area contributed by atoms with Crippen molar-refractivity contribution in [3.63, 3.8) is 0 Å². The summed E-state index contributed by atoms with van der Waals surface area (Å²) in [5.41, 5.74) is 0. The van der Waals surface area contributed by atoms with E-state index in [2.05, 4.69) is 34.4 Å². The summed E-state index contributed by atoms with van der Waals surface area (Å²) in [4.78, 5) is 7.01. The topological polar surface area (TPSA) is 40.2 Å². The van der Waals surface area contributed by atoms with Gasteiger partial charge in [-0.05, 0) is 38.4 Å². The van der Waals surface area contributed by atoms with Crippen molar-refractivity contribution >= 4 is 34.8 Å². The molecule has 1 aromatic rings. The van der Waals surface area contributed by atoms with Gasteiger partial charge in [0.25, 0.3) is 0 Å². The van der Waals surface area contributed by atoms with Crippen molar-refractivity contribution in [2.45, 2.75) is 39.2 Å². The summed E-state index contributed by atoms with van der Waals surface area (Å²) in [5.74, 6) is 1.41. The van der Waals surface area contributed by atoms with Crippen LogP contribution in [-0.2, 0) is 0 Å². The minimum atomic E-state index is 0.565. The van der Waals surface area contributed by atoms with Crippen molar-refractivity contribution in [3.05, 3.63) is 16.1 Å². The number of rotatable bonds is 7. The Hall–Kier alpha value is -0.710. The second-order valence-electron chi connectivity index (χ2n) is 5.38. The first kappa shape index (κ1) is 16.7. The van der Waals surface area contributed by atoms with Crippen molar-refractivity contribution in [2.24, 2.45) is 0 Å². The third-order valence-electron chi connectivity index (χ3n) is 3.88. The Labute approximate surface area is 137 Å². The van der Waals surface area contributed by atoms with Crippen LogP contribution in [0, 0.1) is 0 Å². The molecule has 0 bridgehead atoms. The molecule has 2 N–H and O–H groups in total. The lowest BCUT2D eigenvalue weighted by atomic mass is 10.2. The van der Waals surface area contributed by atoms with Crippen molar-refractivity contribution in [3.8, 4) is 0 Å². The molecule has 0 saturated carbocycles. The molecule has 1 unspecified atom stereocenters. The van der Waals surface area contributed by atoms with Gasteiger partial charge >= 0.3 is 0 Å². The SMILES string of the molecule is CCCNc1nc(NCC2CCCN2CC)c(Cl)cc1Cl. The van der Waals surface area contributed by atoms with Crippen molar-refractivity contribution in [1.29, 1.82) is 0 Å². The van der Waals surface area contributed by atoms with Gasteiger partial charge in [0.05, 0.1) is 10.0 Å². The molecule has 1 aliphatic rings. The largest absolute Gasteiger partial charge is 0.369 e. The van der Waals surface area contributed by atoms with Crippen molar-refractivity contribution in [2.75, 3.05) is 36.8 Å². The van der Waals surface area contributed by atoms with Crippen LogP contribution in [0.2, 0.25) is 10.0 Å². The van der Waals surface area contributed by atoms with E-state index >= 15 is 0 Å². The predicted octanol–water partition coefficient (Wildman–Crippen LogP) is 4.11. The summed E-state index contributed by atoms with van der Waals surface area (Å²) in [5, 5.41) is 7.74. The number of hydrogen-bond donors (Lipinski definition) is 2. The molecule has 1 aromatic heterocycles. The van der Waals surface area contributed by atoms with Crippen LogP contribution in [0.1, 0.15) is 33.1 Å². The standard InChI is InChI=1S/C15H24Cl2N4/c1-3-7-18-14-12(16)9-13(17)15(20-14)19-10-11-6-5-8-21(11)4-2/h9,11H,3-8,10H2,1-2H3,(H2,18,19,20). The Morgan fingerprint density at radius 3 is 2.62 bits per heavy atom. The number of pyridine rings is 1. The molecule has 2 heterocycles. The molecule has 2 rings (SSSR count). The summed E-state index contributed by atoms with van der Waals surface area (Å²) in [7, 11) is 0. The lowest BCUT2D eigenvalue weighted by molar-refractivity contribution is 0.277. The van der Waals surface area contributed by atoms with Crippen LogP contribution in [-0.4, -0.2) is 42.1 Å². The number of anilines is 2. The Kier molecular flexibility index (Phi) is 6.40. The first-order chi connectivity index (χ1) is 10.2. The monoisotopic (exact) mass is 330 g/mol. The van der Waals surface area contributed by atoms with Crippen LogP contribution in [0.25, 0.3) is 0 Å². The molecule has 0 amide bonds. The number of hydrogen-bond acceptors (Lipinski definition) is 4.